The Balaban J connectivity index is 1.86. The summed E-state index contributed by atoms with van der Waals surface area (Å²) in [5, 5.41) is 1.67. The molecule has 1 heterocycles. The highest BCUT2D eigenvalue weighted by atomic mass is 79.9. The van der Waals surface area contributed by atoms with Crippen LogP contribution in [0.25, 0.3) is 10.9 Å². The van der Waals surface area contributed by atoms with Gasteiger partial charge in [-0.3, -0.25) is 0 Å². The van der Waals surface area contributed by atoms with Crippen molar-refractivity contribution in [3.05, 3.63) is 63.7 Å². The van der Waals surface area contributed by atoms with Gasteiger partial charge in [-0.1, -0.05) is 29.8 Å². The van der Waals surface area contributed by atoms with Crippen LogP contribution in [0.2, 0.25) is 5.15 Å². The van der Waals surface area contributed by atoms with Gasteiger partial charge >= 0.3 is 0 Å². The average Bonchev–Trinajstić information content (AvgIpc) is 2.46. The molecular formula is C16H12BrClN2S. The maximum atomic E-state index is 6.28. The molecule has 3 rings (SSSR count). The van der Waals surface area contributed by atoms with E-state index in [1.54, 1.807) is 11.8 Å². The number of thioether (sulfide) groups is 1. The van der Waals surface area contributed by atoms with Gasteiger partial charge in [-0.05, 0) is 46.3 Å². The van der Waals surface area contributed by atoms with E-state index in [0.717, 1.165) is 37.3 Å². The summed E-state index contributed by atoms with van der Waals surface area (Å²) in [6, 6.07) is 15.9. The Bertz CT molecular complexity index is 807. The molecule has 2 aromatic carbocycles. The summed E-state index contributed by atoms with van der Waals surface area (Å²) in [6.45, 7) is 0. The third-order valence-corrected chi connectivity index (χ3v) is 5.46. The summed E-state index contributed by atoms with van der Waals surface area (Å²) in [4.78, 5) is 5.58. The third kappa shape index (κ3) is 3.34. The molecule has 1 aromatic heterocycles. The van der Waals surface area contributed by atoms with Gasteiger partial charge < -0.3 is 5.73 Å². The lowest BCUT2D eigenvalue weighted by Gasteiger charge is -2.08. The van der Waals surface area contributed by atoms with Crippen molar-refractivity contribution in [2.75, 3.05) is 5.73 Å². The van der Waals surface area contributed by atoms with Crippen molar-refractivity contribution in [2.24, 2.45) is 0 Å². The number of benzene rings is 2. The first-order valence-corrected chi connectivity index (χ1v) is 8.51. The Labute approximate surface area is 140 Å². The quantitative estimate of drug-likeness (QED) is 0.370. The van der Waals surface area contributed by atoms with Crippen molar-refractivity contribution >= 4 is 55.9 Å². The van der Waals surface area contributed by atoms with Crippen LogP contribution in [0.15, 0.2) is 57.9 Å². The van der Waals surface area contributed by atoms with E-state index >= 15 is 0 Å². The lowest BCUT2D eigenvalue weighted by molar-refractivity contribution is 1.30. The highest BCUT2D eigenvalue weighted by Crippen LogP contribution is 2.33. The molecule has 3 aromatic rings. The van der Waals surface area contributed by atoms with E-state index in [1.807, 2.05) is 42.5 Å². The van der Waals surface area contributed by atoms with Crippen molar-refractivity contribution in [2.45, 2.75) is 10.6 Å². The molecule has 0 bridgehead atoms. The number of hydrogen-bond donors (Lipinski definition) is 1. The Morgan fingerprint density at radius 2 is 1.95 bits per heavy atom. The van der Waals surface area contributed by atoms with Gasteiger partial charge in [-0.2, -0.15) is 0 Å². The van der Waals surface area contributed by atoms with E-state index < -0.39 is 0 Å². The molecule has 0 fully saturated rings. The number of nitrogens with zero attached hydrogens (tertiary/aromatic N) is 1. The maximum absolute atomic E-state index is 6.28. The summed E-state index contributed by atoms with van der Waals surface area (Å²) in [5.74, 6) is 0.763. The van der Waals surface area contributed by atoms with Crippen LogP contribution in [-0.4, -0.2) is 4.98 Å². The zero-order valence-corrected chi connectivity index (χ0v) is 14.2. The van der Waals surface area contributed by atoms with Crippen molar-refractivity contribution in [3.63, 3.8) is 0 Å². The van der Waals surface area contributed by atoms with Gasteiger partial charge in [0.25, 0.3) is 0 Å². The van der Waals surface area contributed by atoms with Crippen molar-refractivity contribution in [3.8, 4) is 0 Å². The monoisotopic (exact) mass is 378 g/mol. The number of pyridine rings is 1. The summed E-state index contributed by atoms with van der Waals surface area (Å²) in [7, 11) is 0. The van der Waals surface area contributed by atoms with Crippen LogP contribution in [0.5, 0.6) is 0 Å². The van der Waals surface area contributed by atoms with Gasteiger partial charge in [-0.15, -0.1) is 11.8 Å². The molecule has 2 N–H and O–H groups in total. The molecule has 106 valence electrons. The SMILES string of the molecule is Nc1ccc(SCc2cc3ccccc3nc2Cl)c(Br)c1. The standard InChI is InChI=1S/C16H12BrClN2S/c17-13-8-12(19)5-6-15(13)21-9-11-7-10-3-1-2-4-14(10)20-16(11)18/h1-8H,9,19H2. The van der Waals surface area contributed by atoms with E-state index in [9.17, 15) is 0 Å². The topological polar surface area (TPSA) is 38.9 Å². The zero-order valence-electron chi connectivity index (χ0n) is 11.0. The first kappa shape index (κ1) is 14.7. The Morgan fingerprint density at radius 3 is 2.76 bits per heavy atom. The predicted molar refractivity (Wildman–Crippen MR) is 94.9 cm³/mol. The summed E-state index contributed by atoms with van der Waals surface area (Å²) in [6.07, 6.45) is 0. The number of aromatic nitrogens is 1. The smallest absolute Gasteiger partial charge is 0.133 e. The van der Waals surface area contributed by atoms with Gasteiger partial charge in [-0.25, -0.2) is 4.98 Å². The van der Waals surface area contributed by atoms with E-state index in [2.05, 4.69) is 27.0 Å². The molecule has 0 amide bonds. The zero-order chi connectivity index (χ0) is 14.8. The molecule has 0 aliphatic heterocycles. The fourth-order valence-corrected chi connectivity index (χ4v) is 3.95. The number of hydrogen-bond acceptors (Lipinski definition) is 3. The van der Waals surface area contributed by atoms with Gasteiger partial charge in [0.1, 0.15) is 5.15 Å². The second-order valence-corrected chi connectivity index (χ2v) is 6.84. The molecule has 0 spiro atoms. The van der Waals surface area contributed by atoms with Crippen molar-refractivity contribution < 1.29 is 0 Å². The second-order valence-electron chi connectivity index (χ2n) is 4.61. The fraction of sp³-hybridized carbons (Fsp3) is 0.0625. The lowest BCUT2D eigenvalue weighted by Crippen LogP contribution is -1.89. The molecule has 5 heteroatoms. The van der Waals surface area contributed by atoms with Crippen LogP contribution in [0.3, 0.4) is 0 Å². The van der Waals surface area contributed by atoms with Crippen molar-refractivity contribution in [1.29, 1.82) is 0 Å². The minimum absolute atomic E-state index is 0.563. The van der Waals surface area contributed by atoms with Crippen LogP contribution in [-0.2, 0) is 5.75 Å². The van der Waals surface area contributed by atoms with Crippen LogP contribution < -0.4 is 5.73 Å². The Kier molecular flexibility index (Phi) is 4.38. The van der Waals surface area contributed by atoms with Crippen molar-refractivity contribution in [1.82, 2.24) is 4.98 Å². The Morgan fingerprint density at radius 1 is 1.14 bits per heavy atom. The molecule has 0 aliphatic rings. The summed E-state index contributed by atoms with van der Waals surface area (Å²) < 4.78 is 0.998. The number of para-hydroxylation sites is 1. The number of rotatable bonds is 3. The van der Waals surface area contributed by atoms with E-state index in [0.29, 0.717) is 5.15 Å². The van der Waals surface area contributed by atoms with Crippen LogP contribution >= 0.6 is 39.3 Å². The number of nitrogen functional groups attached to an aromatic ring is 1. The maximum Gasteiger partial charge on any atom is 0.133 e. The molecule has 0 saturated carbocycles. The highest BCUT2D eigenvalue weighted by Gasteiger charge is 2.07. The molecular weight excluding hydrogens is 368 g/mol. The van der Waals surface area contributed by atoms with Crippen LogP contribution in [0.1, 0.15) is 5.56 Å². The highest BCUT2D eigenvalue weighted by molar-refractivity contribution is 9.10. The first-order valence-electron chi connectivity index (χ1n) is 6.35. The van der Waals surface area contributed by atoms with Gasteiger partial charge in [0.15, 0.2) is 0 Å². The molecule has 0 aliphatic carbocycles. The molecule has 0 saturated heterocycles. The molecule has 0 atom stereocenters. The normalized spacial score (nSPS) is 11.0. The first-order chi connectivity index (χ1) is 10.1. The number of halogens is 2. The third-order valence-electron chi connectivity index (χ3n) is 3.09. The lowest BCUT2D eigenvalue weighted by atomic mass is 10.2. The fourth-order valence-electron chi connectivity index (χ4n) is 2.03. The minimum atomic E-state index is 0.563. The average molecular weight is 380 g/mol. The molecule has 0 radical (unpaired) electrons. The van der Waals surface area contributed by atoms with Crippen LogP contribution in [0, 0.1) is 0 Å². The molecule has 21 heavy (non-hydrogen) atoms. The van der Waals surface area contributed by atoms with Gasteiger partial charge in [0.05, 0.1) is 5.52 Å². The number of nitrogens with two attached hydrogens (primary N) is 1. The van der Waals surface area contributed by atoms with E-state index in [-0.39, 0.29) is 0 Å². The summed E-state index contributed by atoms with van der Waals surface area (Å²) in [5.41, 5.74) is 8.45. The second kappa shape index (κ2) is 6.26. The number of anilines is 1. The number of fused-ring (bicyclic) bond motifs is 1. The molecule has 0 unspecified atom stereocenters. The van der Waals surface area contributed by atoms with E-state index in [4.69, 9.17) is 17.3 Å². The summed E-state index contributed by atoms with van der Waals surface area (Å²) >= 11 is 11.5. The van der Waals surface area contributed by atoms with Gasteiger partial charge in [0.2, 0.25) is 0 Å². The largest absolute Gasteiger partial charge is 0.399 e. The van der Waals surface area contributed by atoms with Gasteiger partial charge in [0, 0.05) is 31.8 Å². The predicted octanol–water partition coefficient (Wildman–Crippen LogP) is 5.53. The molecule has 2 nitrogen and oxygen atoms in total. The van der Waals surface area contributed by atoms with E-state index in [1.165, 1.54) is 0 Å². The Hall–Kier alpha value is -1.23. The van der Waals surface area contributed by atoms with Crippen LogP contribution in [0.4, 0.5) is 5.69 Å². The minimum Gasteiger partial charge on any atom is -0.399 e.